The molecule has 1 aromatic rings. The van der Waals surface area contributed by atoms with Crippen LogP contribution in [0.4, 0.5) is 15.8 Å². The van der Waals surface area contributed by atoms with Gasteiger partial charge >= 0.3 is 0 Å². The third-order valence-corrected chi connectivity index (χ3v) is 3.46. The Labute approximate surface area is 101 Å². The van der Waals surface area contributed by atoms with Crippen molar-refractivity contribution in [2.45, 2.75) is 19.3 Å². The predicted octanol–water partition coefficient (Wildman–Crippen LogP) is 2.64. The van der Waals surface area contributed by atoms with Crippen LogP contribution < -0.4 is 11.1 Å². The van der Waals surface area contributed by atoms with E-state index in [9.17, 15) is 4.39 Å². The van der Waals surface area contributed by atoms with Gasteiger partial charge in [0.05, 0.1) is 11.4 Å². The van der Waals surface area contributed by atoms with Gasteiger partial charge in [-0.05, 0) is 42.9 Å². The minimum atomic E-state index is -0.261. The van der Waals surface area contributed by atoms with E-state index in [1.165, 1.54) is 25.0 Å². The number of ether oxygens (including phenoxy) is 1. The Kier molecular flexibility index (Phi) is 3.52. The zero-order valence-electron chi connectivity index (χ0n) is 10.1. The maximum absolute atomic E-state index is 13.1. The largest absolute Gasteiger partial charge is 0.397 e. The molecule has 1 fully saturated rings. The van der Waals surface area contributed by atoms with Crippen molar-refractivity contribution in [1.29, 1.82) is 0 Å². The molecule has 0 heterocycles. The first-order valence-electron chi connectivity index (χ1n) is 5.93. The number of hydrogen-bond acceptors (Lipinski definition) is 3. The van der Waals surface area contributed by atoms with Crippen LogP contribution in [0.3, 0.4) is 0 Å². The van der Waals surface area contributed by atoms with Gasteiger partial charge in [0.25, 0.3) is 0 Å². The van der Waals surface area contributed by atoms with Gasteiger partial charge in [-0.3, -0.25) is 0 Å². The van der Waals surface area contributed by atoms with E-state index in [1.54, 1.807) is 13.2 Å². The van der Waals surface area contributed by atoms with Gasteiger partial charge in [-0.15, -0.1) is 0 Å². The third kappa shape index (κ3) is 3.09. The second-order valence-electron chi connectivity index (χ2n) is 4.83. The fourth-order valence-electron chi connectivity index (χ4n) is 1.97. The standard InChI is InChI=1S/C13H19FN2O/c1-17-7-6-13(4-5-13)9-16-12-8-10(14)2-3-11(12)15/h2-3,8,16H,4-7,9,15H2,1H3. The Morgan fingerprint density at radius 3 is 2.88 bits per heavy atom. The van der Waals surface area contributed by atoms with Crippen LogP contribution in [-0.4, -0.2) is 20.3 Å². The van der Waals surface area contributed by atoms with Gasteiger partial charge in [-0.2, -0.15) is 0 Å². The Hall–Kier alpha value is -1.29. The van der Waals surface area contributed by atoms with Crippen molar-refractivity contribution >= 4 is 11.4 Å². The minimum Gasteiger partial charge on any atom is -0.397 e. The molecule has 0 aromatic heterocycles. The minimum absolute atomic E-state index is 0.261. The number of nitrogens with one attached hydrogen (secondary N) is 1. The summed E-state index contributed by atoms with van der Waals surface area (Å²) in [6, 6.07) is 4.41. The molecule has 2 rings (SSSR count). The number of halogens is 1. The van der Waals surface area contributed by atoms with E-state index in [1.807, 2.05) is 0 Å². The summed E-state index contributed by atoms with van der Waals surface area (Å²) in [7, 11) is 1.72. The monoisotopic (exact) mass is 238 g/mol. The Bertz CT molecular complexity index is 391. The first kappa shape index (κ1) is 12.2. The summed E-state index contributed by atoms with van der Waals surface area (Å²) in [4.78, 5) is 0. The fourth-order valence-corrected chi connectivity index (χ4v) is 1.97. The van der Waals surface area contributed by atoms with E-state index in [-0.39, 0.29) is 5.82 Å². The molecule has 0 spiro atoms. The highest BCUT2D eigenvalue weighted by Gasteiger charge is 2.41. The Balaban J connectivity index is 1.91. The van der Waals surface area contributed by atoms with Crippen LogP contribution in [0.25, 0.3) is 0 Å². The topological polar surface area (TPSA) is 47.3 Å². The first-order valence-corrected chi connectivity index (χ1v) is 5.93. The molecular formula is C13H19FN2O. The van der Waals surface area contributed by atoms with E-state index in [2.05, 4.69) is 5.32 Å². The maximum Gasteiger partial charge on any atom is 0.125 e. The smallest absolute Gasteiger partial charge is 0.125 e. The average Bonchev–Trinajstić information content (AvgIpc) is 3.09. The van der Waals surface area contributed by atoms with Crippen molar-refractivity contribution in [2.75, 3.05) is 31.3 Å². The van der Waals surface area contributed by atoms with Crippen LogP contribution >= 0.6 is 0 Å². The lowest BCUT2D eigenvalue weighted by Gasteiger charge is -2.17. The molecular weight excluding hydrogens is 219 g/mol. The summed E-state index contributed by atoms with van der Waals surface area (Å²) < 4.78 is 18.2. The highest BCUT2D eigenvalue weighted by Crippen LogP contribution is 2.48. The van der Waals surface area contributed by atoms with Gasteiger partial charge < -0.3 is 15.8 Å². The van der Waals surface area contributed by atoms with Crippen LogP contribution in [0.2, 0.25) is 0 Å². The molecule has 1 aliphatic rings. The molecule has 1 aliphatic carbocycles. The number of rotatable bonds is 6. The molecule has 0 bridgehead atoms. The van der Waals surface area contributed by atoms with Crippen LogP contribution in [0, 0.1) is 11.2 Å². The van der Waals surface area contributed by atoms with Gasteiger partial charge in [0, 0.05) is 20.3 Å². The summed E-state index contributed by atoms with van der Waals surface area (Å²) in [6.07, 6.45) is 3.46. The number of hydrogen-bond donors (Lipinski definition) is 2. The molecule has 1 saturated carbocycles. The SMILES string of the molecule is COCCC1(CNc2cc(F)ccc2N)CC1. The highest BCUT2D eigenvalue weighted by atomic mass is 19.1. The Morgan fingerprint density at radius 1 is 1.47 bits per heavy atom. The number of nitrogens with two attached hydrogens (primary N) is 1. The maximum atomic E-state index is 13.1. The van der Waals surface area contributed by atoms with Crippen molar-refractivity contribution in [3.63, 3.8) is 0 Å². The quantitative estimate of drug-likeness (QED) is 0.749. The summed E-state index contributed by atoms with van der Waals surface area (Å²) >= 11 is 0. The number of benzene rings is 1. The number of methoxy groups -OCH3 is 1. The fraction of sp³-hybridized carbons (Fsp3) is 0.538. The van der Waals surface area contributed by atoms with Gasteiger partial charge in [0.15, 0.2) is 0 Å². The van der Waals surface area contributed by atoms with Gasteiger partial charge in [-0.1, -0.05) is 0 Å². The predicted molar refractivity (Wildman–Crippen MR) is 67.5 cm³/mol. The highest BCUT2D eigenvalue weighted by molar-refractivity contribution is 5.65. The van der Waals surface area contributed by atoms with Crippen LogP contribution in [0.5, 0.6) is 0 Å². The first-order chi connectivity index (χ1) is 8.15. The van der Waals surface area contributed by atoms with Crippen molar-refractivity contribution < 1.29 is 9.13 Å². The van der Waals surface area contributed by atoms with E-state index in [4.69, 9.17) is 10.5 Å². The van der Waals surface area contributed by atoms with E-state index >= 15 is 0 Å². The molecule has 0 unspecified atom stereocenters. The molecule has 3 nitrogen and oxygen atoms in total. The summed E-state index contributed by atoms with van der Waals surface area (Å²) in [5.41, 5.74) is 7.39. The van der Waals surface area contributed by atoms with Crippen molar-refractivity contribution in [3.05, 3.63) is 24.0 Å². The zero-order valence-corrected chi connectivity index (χ0v) is 10.1. The molecule has 0 atom stereocenters. The molecule has 1 aromatic carbocycles. The van der Waals surface area contributed by atoms with Gasteiger partial charge in [0.1, 0.15) is 5.82 Å². The third-order valence-electron chi connectivity index (χ3n) is 3.46. The molecule has 0 amide bonds. The van der Waals surface area contributed by atoms with Gasteiger partial charge in [-0.25, -0.2) is 4.39 Å². The zero-order chi connectivity index (χ0) is 12.3. The number of nitrogen functional groups attached to an aromatic ring is 1. The normalized spacial score (nSPS) is 16.8. The Morgan fingerprint density at radius 2 is 2.24 bits per heavy atom. The summed E-state index contributed by atoms with van der Waals surface area (Å²) in [5.74, 6) is -0.261. The average molecular weight is 238 g/mol. The van der Waals surface area contributed by atoms with E-state index in [0.29, 0.717) is 16.8 Å². The lowest BCUT2D eigenvalue weighted by Crippen LogP contribution is -2.18. The summed E-state index contributed by atoms with van der Waals surface area (Å²) in [5, 5.41) is 3.24. The van der Waals surface area contributed by atoms with Gasteiger partial charge in [0.2, 0.25) is 0 Å². The van der Waals surface area contributed by atoms with Crippen LogP contribution in [-0.2, 0) is 4.74 Å². The molecule has 94 valence electrons. The van der Waals surface area contributed by atoms with Crippen LogP contribution in [0.1, 0.15) is 19.3 Å². The number of anilines is 2. The molecule has 4 heteroatoms. The van der Waals surface area contributed by atoms with Crippen molar-refractivity contribution in [3.8, 4) is 0 Å². The lowest BCUT2D eigenvalue weighted by atomic mass is 10.0. The van der Waals surface area contributed by atoms with Crippen molar-refractivity contribution in [1.82, 2.24) is 0 Å². The molecule has 17 heavy (non-hydrogen) atoms. The van der Waals surface area contributed by atoms with E-state index < -0.39 is 0 Å². The summed E-state index contributed by atoms with van der Waals surface area (Å²) in [6.45, 7) is 1.62. The van der Waals surface area contributed by atoms with E-state index in [0.717, 1.165) is 19.6 Å². The molecule has 0 saturated heterocycles. The van der Waals surface area contributed by atoms with Crippen LogP contribution in [0.15, 0.2) is 18.2 Å². The van der Waals surface area contributed by atoms with Crippen molar-refractivity contribution in [2.24, 2.45) is 5.41 Å². The molecule has 0 aliphatic heterocycles. The molecule has 0 radical (unpaired) electrons. The molecule has 3 N–H and O–H groups in total. The lowest BCUT2D eigenvalue weighted by molar-refractivity contribution is 0.175. The second-order valence-corrected chi connectivity index (χ2v) is 4.83. The second kappa shape index (κ2) is 4.92.